The van der Waals surface area contributed by atoms with Crippen LogP contribution in [0.2, 0.25) is 0 Å². The number of nitrogens with zero attached hydrogens (tertiary/aromatic N) is 1. The molecule has 0 radical (unpaired) electrons. The molecule has 0 bridgehead atoms. The first kappa shape index (κ1) is 14.2. The fourth-order valence-corrected chi connectivity index (χ4v) is 3.43. The van der Waals surface area contributed by atoms with E-state index in [9.17, 15) is 4.21 Å². The molecular weight excluding hydrogens is 254 g/mol. The van der Waals surface area contributed by atoms with Gasteiger partial charge in [0.2, 0.25) is 0 Å². The molecule has 2 rings (SSSR count). The summed E-state index contributed by atoms with van der Waals surface area (Å²) < 4.78 is 14.2. The third kappa shape index (κ3) is 3.23. The van der Waals surface area contributed by atoms with Gasteiger partial charge in [-0.05, 0) is 26.3 Å². The molecule has 0 aromatic heterocycles. The lowest BCUT2D eigenvalue weighted by Gasteiger charge is -2.18. The lowest BCUT2D eigenvalue weighted by Crippen LogP contribution is -2.28. The van der Waals surface area contributed by atoms with Crippen molar-refractivity contribution in [1.82, 2.24) is 4.31 Å². The van der Waals surface area contributed by atoms with Gasteiger partial charge >= 0.3 is 0 Å². The largest absolute Gasteiger partial charge is 0.242 e. The summed E-state index contributed by atoms with van der Waals surface area (Å²) in [6.45, 7) is 9.83. The average molecular weight is 275 g/mol. The second-order valence-corrected chi connectivity index (χ2v) is 7.85. The molecule has 0 N–H and O–H groups in total. The maximum atomic E-state index is 12.4. The van der Waals surface area contributed by atoms with Gasteiger partial charge in [-0.3, -0.25) is 0 Å². The van der Waals surface area contributed by atoms with Gasteiger partial charge in [0.1, 0.15) is 11.0 Å². The van der Waals surface area contributed by atoms with Gasteiger partial charge < -0.3 is 0 Å². The molecule has 1 heterocycles. The Hall–Kier alpha value is -1.19. The van der Waals surface area contributed by atoms with Crippen LogP contribution in [0.3, 0.4) is 0 Å². The van der Waals surface area contributed by atoms with Crippen molar-refractivity contribution in [3.8, 4) is 0 Å². The molecule has 1 aromatic carbocycles. The molecule has 1 saturated heterocycles. The van der Waals surface area contributed by atoms with Crippen LogP contribution in [0.4, 0.5) is 0 Å². The molecule has 0 amide bonds. The van der Waals surface area contributed by atoms with Gasteiger partial charge in [-0.1, -0.05) is 48.6 Å². The Balaban J connectivity index is 2.08. The molecule has 19 heavy (non-hydrogen) atoms. The highest BCUT2D eigenvalue weighted by Gasteiger charge is 2.50. The second-order valence-electron chi connectivity index (χ2n) is 5.71. The normalized spacial score (nSPS) is 28.3. The van der Waals surface area contributed by atoms with Gasteiger partial charge in [0, 0.05) is 0 Å². The molecule has 0 aliphatic carbocycles. The Bertz CT molecular complexity index is 501. The topological polar surface area (TPSA) is 20.1 Å². The van der Waals surface area contributed by atoms with E-state index >= 15 is 0 Å². The zero-order valence-corrected chi connectivity index (χ0v) is 12.6. The van der Waals surface area contributed by atoms with Gasteiger partial charge in [0.25, 0.3) is 0 Å². The fourth-order valence-electron chi connectivity index (χ4n) is 2.00. The van der Waals surface area contributed by atoms with E-state index in [2.05, 4.69) is 30.9 Å². The summed E-state index contributed by atoms with van der Waals surface area (Å²) in [5, 5.41) is 0. The molecule has 3 heteroatoms. The van der Waals surface area contributed by atoms with Crippen LogP contribution in [-0.4, -0.2) is 25.3 Å². The predicted octanol–water partition coefficient (Wildman–Crippen LogP) is 3.40. The number of hydrogen-bond acceptors (Lipinski definition) is 1. The summed E-state index contributed by atoms with van der Waals surface area (Å²) in [5.74, 6) is 0. The number of benzene rings is 1. The fraction of sp³-hybridized carbons (Fsp3) is 0.375. The zero-order valence-electron chi connectivity index (χ0n) is 11.7. The summed E-state index contributed by atoms with van der Waals surface area (Å²) >= 11 is 0. The summed E-state index contributed by atoms with van der Waals surface area (Å²) in [7, 11) is -0.985. The van der Waals surface area contributed by atoms with Crippen molar-refractivity contribution in [2.75, 3.05) is 0 Å². The molecule has 1 aliphatic heterocycles. The van der Waals surface area contributed by atoms with E-state index in [1.54, 1.807) is 0 Å². The Morgan fingerprint density at radius 1 is 1.21 bits per heavy atom. The van der Waals surface area contributed by atoms with Crippen LogP contribution < -0.4 is 0 Å². The Morgan fingerprint density at radius 2 is 1.84 bits per heavy atom. The SMILES string of the molecule is C=C[C@H]1[C@H](/C=C/c2ccccc2)N1[S@](=O)C(C)(C)C. The molecular formula is C16H21NOS. The smallest absolute Gasteiger partial charge is 0.101 e. The van der Waals surface area contributed by atoms with Crippen LogP contribution in [-0.2, 0) is 11.0 Å². The van der Waals surface area contributed by atoms with Crippen molar-refractivity contribution < 1.29 is 4.21 Å². The Labute approximate surface area is 118 Å². The van der Waals surface area contributed by atoms with Crippen LogP contribution >= 0.6 is 0 Å². The van der Waals surface area contributed by atoms with Gasteiger partial charge in [-0.15, -0.1) is 6.58 Å². The summed E-state index contributed by atoms with van der Waals surface area (Å²) in [5.41, 5.74) is 1.17. The first-order valence-electron chi connectivity index (χ1n) is 6.51. The third-order valence-corrected chi connectivity index (χ3v) is 5.01. The molecule has 2 nitrogen and oxygen atoms in total. The van der Waals surface area contributed by atoms with E-state index in [-0.39, 0.29) is 16.8 Å². The van der Waals surface area contributed by atoms with Crippen molar-refractivity contribution in [1.29, 1.82) is 0 Å². The van der Waals surface area contributed by atoms with Crippen LogP contribution in [0.15, 0.2) is 49.1 Å². The molecule has 1 fully saturated rings. The predicted molar refractivity (Wildman–Crippen MR) is 83.0 cm³/mol. The summed E-state index contributed by atoms with van der Waals surface area (Å²) in [6, 6.07) is 10.6. The van der Waals surface area contributed by atoms with Crippen molar-refractivity contribution in [3.05, 3.63) is 54.6 Å². The van der Waals surface area contributed by atoms with Crippen molar-refractivity contribution in [2.24, 2.45) is 0 Å². The number of rotatable bonds is 4. The monoisotopic (exact) mass is 275 g/mol. The average Bonchev–Trinajstić information content (AvgIpc) is 3.08. The van der Waals surface area contributed by atoms with Gasteiger partial charge in [0.15, 0.2) is 0 Å². The van der Waals surface area contributed by atoms with E-state index in [1.807, 2.05) is 49.4 Å². The number of hydrogen-bond donors (Lipinski definition) is 0. The molecule has 1 aliphatic rings. The lowest BCUT2D eigenvalue weighted by molar-refractivity contribution is 0.608. The Morgan fingerprint density at radius 3 is 2.37 bits per heavy atom. The van der Waals surface area contributed by atoms with E-state index in [0.717, 1.165) is 0 Å². The van der Waals surface area contributed by atoms with E-state index in [4.69, 9.17) is 0 Å². The summed E-state index contributed by atoms with van der Waals surface area (Å²) in [4.78, 5) is 0. The quantitative estimate of drug-likeness (QED) is 0.609. The first-order valence-corrected chi connectivity index (χ1v) is 7.62. The molecule has 4 atom stereocenters. The lowest BCUT2D eigenvalue weighted by atomic mass is 10.2. The standard InChI is InChI=1S/C16H21NOS/c1-5-14-15(17(14)19(18)16(2,3)4)12-11-13-9-7-6-8-10-13/h5-12,14-15H,1H2,2-4H3/b12-11+/t14-,15-,17?,19+/m0/s1. The van der Waals surface area contributed by atoms with Crippen molar-refractivity contribution in [2.45, 2.75) is 37.6 Å². The molecule has 0 saturated carbocycles. The van der Waals surface area contributed by atoms with E-state index in [0.29, 0.717) is 0 Å². The zero-order chi connectivity index (χ0) is 14.0. The van der Waals surface area contributed by atoms with Gasteiger partial charge in [-0.2, -0.15) is 0 Å². The molecule has 102 valence electrons. The molecule has 1 unspecified atom stereocenters. The minimum absolute atomic E-state index is 0.194. The second kappa shape index (κ2) is 5.43. The van der Waals surface area contributed by atoms with Crippen LogP contribution in [0.5, 0.6) is 0 Å². The van der Waals surface area contributed by atoms with Crippen LogP contribution in [0.25, 0.3) is 6.08 Å². The first-order chi connectivity index (χ1) is 8.95. The van der Waals surface area contributed by atoms with Crippen molar-refractivity contribution in [3.63, 3.8) is 0 Å². The minimum Gasteiger partial charge on any atom is -0.242 e. The maximum Gasteiger partial charge on any atom is 0.101 e. The van der Waals surface area contributed by atoms with Crippen LogP contribution in [0, 0.1) is 0 Å². The highest BCUT2D eigenvalue weighted by atomic mass is 32.2. The van der Waals surface area contributed by atoms with E-state index < -0.39 is 11.0 Å². The van der Waals surface area contributed by atoms with Crippen LogP contribution in [0.1, 0.15) is 26.3 Å². The Kier molecular flexibility index (Phi) is 4.07. The van der Waals surface area contributed by atoms with Crippen molar-refractivity contribution >= 4 is 17.1 Å². The summed E-state index contributed by atoms with van der Waals surface area (Å²) in [6.07, 6.45) is 6.08. The molecule has 0 spiro atoms. The highest BCUT2D eigenvalue weighted by molar-refractivity contribution is 7.84. The third-order valence-electron chi connectivity index (χ3n) is 3.09. The maximum absolute atomic E-state index is 12.4. The highest BCUT2D eigenvalue weighted by Crippen LogP contribution is 2.36. The molecule has 1 aromatic rings. The van der Waals surface area contributed by atoms with Gasteiger partial charge in [-0.25, -0.2) is 8.51 Å². The van der Waals surface area contributed by atoms with Gasteiger partial charge in [0.05, 0.1) is 16.8 Å². The minimum atomic E-state index is -0.985. The van der Waals surface area contributed by atoms with E-state index in [1.165, 1.54) is 5.56 Å².